The molecule has 0 atom stereocenters. The minimum atomic E-state index is -4.42. The number of hydrogen-bond acceptors (Lipinski definition) is 4. The second-order valence-corrected chi connectivity index (χ2v) is 8.01. The van der Waals surface area contributed by atoms with Crippen LogP contribution in [0.5, 0.6) is 0 Å². The zero-order valence-corrected chi connectivity index (χ0v) is 15.2. The van der Waals surface area contributed by atoms with Crippen molar-refractivity contribution >= 4 is 21.6 Å². The van der Waals surface area contributed by atoms with E-state index in [-0.39, 0.29) is 23.2 Å². The molecule has 0 spiro atoms. The van der Waals surface area contributed by atoms with Crippen molar-refractivity contribution in [3.63, 3.8) is 0 Å². The number of sulfonamides is 1. The van der Waals surface area contributed by atoms with Gasteiger partial charge >= 0.3 is 0 Å². The number of anilines is 1. The number of carbonyl (C=O) groups is 1. The molecule has 1 amide bonds. The van der Waals surface area contributed by atoms with Crippen LogP contribution in [0.4, 0.5) is 14.5 Å². The number of para-hydroxylation sites is 1. The highest BCUT2D eigenvalue weighted by Gasteiger charge is 2.26. The zero-order chi connectivity index (χ0) is 19.6. The highest BCUT2D eigenvalue weighted by atomic mass is 32.2. The third-order valence-electron chi connectivity index (χ3n) is 4.41. The lowest BCUT2D eigenvalue weighted by atomic mass is 10.0. The first-order chi connectivity index (χ1) is 12.8. The number of benzene rings is 2. The number of hydrogen-bond donors (Lipinski definition) is 2. The van der Waals surface area contributed by atoms with Gasteiger partial charge < -0.3 is 10.6 Å². The third kappa shape index (κ3) is 4.25. The first-order valence-electron chi connectivity index (χ1n) is 8.39. The molecule has 9 heteroatoms. The van der Waals surface area contributed by atoms with Gasteiger partial charge in [0.25, 0.3) is 15.9 Å². The Hall–Kier alpha value is -2.52. The van der Waals surface area contributed by atoms with E-state index in [2.05, 4.69) is 4.72 Å². The molecule has 1 aliphatic rings. The van der Waals surface area contributed by atoms with Crippen molar-refractivity contribution in [2.45, 2.75) is 23.8 Å². The van der Waals surface area contributed by atoms with E-state index in [9.17, 15) is 22.0 Å². The van der Waals surface area contributed by atoms with Crippen molar-refractivity contribution in [3.8, 4) is 0 Å². The van der Waals surface area contributed by atoms with Crippen LogP contribution in [0, 0.1) is 11.6 Å². The number of amides is 1. The van der Waals surface area contributed by atoms with E-state index in [0.717, 1.165) is 12.1 Å². The molecule has 1 fully saturated rings. The van der Waals surface area contributed by atoms with Crippen LogP contribution in [0.25, 0.3) is 0 Å². The van der Waals surface area contributed by atoms with Crippen LogP contribution < -0.4 is 10.5 Å². The van der Waals surface area contributed by atoms with Gasteiger partial charge in [-0.2, -0.15) is 0 Å². The van der Waals surface area contributed by atoms with Gasteiger partial charge in [0.1, 0.15) is 16.5 Å². The van der Waals surface area contributed by atoms with Crippen LogP contribution >= 0.6 is 0 Å². The lowest BCUT2D eigenvalue weighted by molar-refractivity contribution is 0.0716. The summed E-state index contributed by atoms with van der Waals surface area (Å²) >= 11 is 0. The summed E-state index contributed by atoms with van der Waals surface area (Å²) in [5.41, 5.74) is 5.98. The second kappa shape index (κ2) is 7.61. The van der Waals surface area contributed by atoms with Crippen molar-refractivity contribution < 1.29 is 22.0 Å². The van der Waals surface area contributed by atoms with E-state index in [1.807, 2.05) is 0 Å². The highest BCUT2D eigenvalue weighted by molar-refractivity contribution is 7.92. The fourth-order valence-electron chi connectivity index (χ4n) is 2.91. The number of carbonyl (C=O) groups excluding carboxylic acids is 1. The Morgan fingerprint density at radius 3 is 2.48 bits per heavy atom. The van der Waals surface area contributed by atoms with Crippen molar-refractivity contribution in [3.05, 3.63) is 59.7 Å². The Kier molecular flexibility index (Phi) is 5.43. The summed E-state index contributed by atoms with van der Waals surface area (Å²) in [6.07, 6.45) is 1.32. The molecule has 0 aliphatic carbocycles. The quantitative estimate of drug-likeness (QED) is 0.831. The van der Waals surface area contributed by atoms with Crippen LogP contribution in [0.1, 0.15) is 23.2 Å². The topological polar surface area (TPSA) is 92.5 Å². The predicted molar refractivity (Wildman–Crippen MR) is 96.7 cm³/mol. The molecule has 1 aliphatic heterocycles. The van der Waals surface area contributed by atoms with E-state index >= 15 is 0 Å². The smallest absolute Gasteiger partial charge is 0.264 e. The maximum Gasteiger partial charge on any atom is 0.264 e. The fraction of sp³-hybridized carbons (Fsp3) is 0.278. The summed E-state index contributed by atoms with van der Waals surface area (Å²) in [5, 5.41) is 0. The normalized spacial score (nSPS) is 15.6. The maximum atomic E-state index is 13.9. The lowest BCUT2D eigenvalue weighted by Crippen LogP contribution is -2.43. The Balaban J connectivity index is 1.90. The van der Waals surface area contributed by atoms with Gasteiger partial charge in [0.05, 0.1) is 11.3 Å². The zero-order valence-electron chi connectivity index (χ0n) is 14.4. The van der Waals surface area contributed by atoms with Crippen LogP contribution in [0.3, 0.4) is 0 Å². The van der Waals surface area contributed by atoms with Gasteiger partial charge in [0.2, 0.25) is 0 Å². The number of rotatable bonds is 4. The van der Waals surface area contributed by atoms with Gasteiger partial charge in [-0.1, -0.05) is 12.1 Å². The van der Waals surface area contributed by atoms with Crippen LogP contribution in [0.15, 0.2) is 47.4 Å². The standard InChI is InChI=1S/C18H19F2N3O3S/c19-12-5-6-15(20)17(11-12)27(25,26)22-16-4-2-1-3-14(16)18(24)23-9-7-13(21)8-10-23/h1-6,11,13,22H,7-10,21H2. The molecule has 3 rings (SSSR count). The molecule has 0 unspecified atom stereocenters. The number of nitrogens with zero attached hydrogens (tertiary/aromatic N) is 1. The molecule has 144 valence electrons. The average molecular weight is 395 g/mol. The highest BCUT2D eigenvalue weighted by Crippen LogP contribution is 2.24. The summed E-state index contributed by atoms with van der Waals surface area (Å²) in [4.78, 5) is 13.6. The van der Waals surface area contributed by atoms with Gasteiger partial charge in [0, 0.05) is 19.1 Å². The van der Waals surface area contributed by atoms with Crippen molar-refractivity contribution in [1.82, 2.24) is 4.90 Å². The molecule has 2 aromatic rings. The Bertz CT molecular complexity index is 958. The number of nitrogens with two attached hydrogens (primary N) is 1. The molecule has 27 heavy (non-hydrogen) atoms. The van der Waals surface area contributed by atoms with Crippen LogP contribution in [-0.4, -0.2) is 38.4 Å². The van der Waals surface area contributed by atoms with E-state index in [1.165, 1.54) is 12.1 Å². The molecule has 0 aromatic heterocycles. The summed E-state index contributed by atoms with van der Waals surface area (Å²) in [5.74, 6) is -2.32. The van der Waals surface area contributed by atoms with E-state index in [1.54, 1.807) is 17.0 Å². The van der Waals surface area contributed by atoms with Gasteiger partial charge in [-0.3, -0.25) is 9.52 Å². The molecule has 1 saturated heterocycles. The molecule has 0 bridgehead atoms. The van der Waals surface area contributed by atoms with E-state index in [0.29, 0.717) is 32.0 Å². The van der Waals surface area contributed by atoms with Crippen molar-refractivity contribution in [1.29, 1.82) is 0 Å². The van der Waals surface area contributed by atoms with Crippen LogP contribution in [-0.2, 0) is 10.0 Å². The summed E-state index contributed by atoms with van der Waals surface area (Å²) in [6.45, 7) is 0.944. The number of nitrogens with one attached hydrogen (secondary N) is 1. The van der Waals surface area contributed by atoms with Crippen molar-refractivity contribution in [2.24, 2.45) is 5.73 Å². The fourth-order valence-corrected chi connectivity index (χ4v) is 4.08. The number of likely N-dealkylation sites (tertiary alicyclic amines) is 1. The first-order valence-corrected chi connectivity index (χ1v) is 9.88. The molecule has 6 nitrogen and oxygen atoms in total. The Morgan fingerprint density at radius 1 is 1.11 bits per heavy atom. The van der Waals surface area contributed by atoms with Gasteiger partial charge in [-0.15, -0.1) is 0 Å². The monoisotopic (exact) mass is 395 g/mol. The van der Waals surface area contributed by atoms with E-state index in [4.69, 9.17) is 5.73 Å². The predicted octanol–water partition coefficient (Wildman–Crippen LogP) is 2.33. The lowest BCUT2D eigenvalue weighted by Gasteiger charge is -2.30. The summed E-state index contributed by atoms with van der Waals surface area (Å²) in [6, 6.07) is 8.22. The molecule has 3 N–H and O–H groups in total. The molecule has 2 aromatic carbocycles. The van der Waals surface area contributed by atoms with Crippen molar-refractivity contribution in [2.75, 3.05) is 17.8 Å². The molecular weight excluding hydrogens is 376 g/mol. The molecular formula is C18H19F2N3O3S. The first kappa shape index (κ1) is 19.2. The minimum Gasteiger partial charge on any atom is -0.338 e. The second-order valence-electron chi connectivity index (χ2n) is 6.36. The van der Waals surface area contributed by atoms with Gasteiger partial charge in [-0.25, -0.2) is 17.2 Å². The Labute approximate surface area is 156 Å². The summed E-state index contributed by atoms with van der Waals surface area (Å²) < 4.78 is 54.5. The molecule has 0 saturated carbocycles. The maximum absolute atomic E-state index is 13.9. The van der Waals surface area contributed by atoms with E-state index < -0.39 is 26.6 Å². The van der Waals surface area contributed by atoms with Gasteiger partial charge in [0.15, 0.2) is 0 Å². The number of halogens is 2. The third-order valence-corrected chi connectivity index (χ3v) is 5.79. The minimum absolute atomic E-state index is 0.000957. The summed E-state index contributed by atoms with van der Waals surface area (Å²) in [7, 11) is -4.42. The van der Waals surface area contributed by atoms with Gasteiger partial charge in [-0.05, 0) is 43.2 Å². The largest absolute Gasteiger partial charge is 0.338 e. The molecule has 0 radical (unpaired) electrons. The van der Waals surface area contributed by atoms with Crippen LogP contribution in [0.2, 0.25) is 0 Å². The average Bonchev–Trinajstić information content (AvgIpc) is 2.64. The Morgan fingerprint density at radius 2 is 1.78 bits per heavy atom. The molecule has 1 heterocycles. The SMILES string of the molecule is NC1CCN(C(=O)c2ccccc2NS(=O)(=O)c2cc(F)ccc2F)CC1. The number of piperidine rings is 1.